The monoisotopic (exact) mass is 486 g/mol. The molecule has 2 aromatic rings. The van der Waals surface area contributed by atoms with Crippen molar-refractivity contribution in [3.8, 4) is 5.75 Å². The smallest absolute Gasteiger partial charge is 0.201 e. The molecule has 2 saturated carbocycles. The van der Waals surface area contributed by atoms with Gasteiger partial charge in [0.15, 0.2) is 11.6 Å². The quantitative estimate of drug-likeness (QED) is 0.240. The molecule has 4 rings (SSSR count). The van der Waals surface area contributed by atoms with Gasteiger partial charge in [0, 0.05) is 0 Å². The van der Waals surface area contributed by atoms with Gasteiger partial charge in [0.2, 0.25) is 5.82 Å². The molecule has 35 heavy (non-hydrogen) atoms. The standard InChI is InChI=1S/C31H41F3O/c1-3-5-7-8-9-10-21-11-12-23-17-24(14-13-22(23)16-21)25-18-26-20-28(35-15-6-4-2)30(33)31(34)29(26)27(32)19-25/h4,6,18-24H,3,5,7-17H2,1-2H3/b6-4+/t21?,22-,23?,24-/m1/s1. The number of benzene rings is 2. The van der Waals surface area contributed by atoms with Crippen LogP contribution in [0.25, 0.3) is 10.8 Å². The van der Waals surface area contributed by atoms with Gasteiger partial charge in [0.05, 0.1) is 5.39 Å². The van der Waals surface area contributed by atoms with E-state index < -0.39 is 17.5 Å². The number of unbranched alkanes of at least 4 members (excludes halogenated alkanes) is 4. The Morgan fingerprint density at radius 3 is 2.46 bits per heavy atom. The van der Waals surface area contributed by atoms with Gasteiger partial charge >= 0.3 is 0 Å². The second kappa shape index (κ2) is 12.3. The molecule has 0 radical (unpaired) electrons. The molecule has 2 aromatic carbocycles. The van der Waals surface area contributed by atoms with Gasteiger partial charge in [-0.1, -0.05) is 70.1 Å². The van der Waals surface area contributed by atoms with E-state index in [1.165, 1.54) is 76.3 Å². The molecular formula is C31H41F3O. The molecule has 0 aliphatic heterocycles. The zero-order valence-electron chi connectivity index (χ0n) is 21.4. The van der Waals surface area contributed by atoms with E-state index in [2.05, 4.69) is 6.92 Å². The Morgan fingerprint density at radius 2 is 1.66 bits per heavy atom. The second-order valence-corrected chi connectivity index (χ2v) is 10.9. The summed E-state index contributed by atoms with van der Waals surface area (Å²) in [4.78, 5) is 0. The third kappa shape index (κ3) is 6.24. The maximum absolute atomic E-state index is 15.0. The van der Waals surface area contributed by atoms with E-state index in [9.17, 15) is 8.78 Å². The fourth-order valence-electron chi connectivity index (χ4n) is 6.58. The van der Waals surface area contributed by atoms with Crippen molar-refractivity contribution in [3.05, 3.63) is 53.4 Å². The highest BCUT2D eigenvalue weighted by atomic mass is 19.2. The van der Waals surface area contributed by atoms with E-state index in [4.69, 9.17) is 4.74 Å². The number of allylic oxidation sites excluding steroid dienone is 1. The van der Waals surface area contributed by atoms with Crippen LogP contribution in [-0.4, -0.2) is 6.61 Å². The van der Waals surface area contributed by atoms with Crippen LogP contribution < -0.4 is 4.74 Å². The predicted octanol–water partition coefficient (Wildman–Crippen LogP) is 9.87. The van der Waals surface area contributed by atoms with Crippen molar-refractivity contribution in [2.45, 2.75) is 96.8 Å². The molecule has 2 unspecified atom stereocenters. The minimum atomic E-state index is -1.17. The molecule has 0 heterocycles. The average molecular weight is 487 g/mol. The van der Waals surface area contributed by atoms with Crippen LogP contribution in [0.2, 0.25) is 0 Å². The van der Waals surface area contributed by atoms with E-state index in [0.717, 1.165) is 30.2 Å². The summed E-state index contributed by atoms with van der Waals surface area (Å²) >= 11 is 0. The van der Waals surface area contributed by atoms with Crippen LogP contribution in [0.5, 0.6) is 5.75 Å². The first-order valence-electron chi connectivity index (χ1n) is 13.9. The van der Waals surface area contributed by atoms with Crippen LogP contribution in [-0.2, 0) is 0 Å². The van der Waals surface area contributed by atoms with Gasteiger partial charge in [0.1, 0.15) is 12.4 Å². The first-order valence-corrected chi connectivity index (χ1v) is 13.9. The SMILES string of the molecule is C/C=C/COc1cc2cc([C@@H]3CC[C@@H]4CC(CCCCCCC)CCC4C3)cc(F)c2c(F)c1F. The Bertz CT molecular complexity index is 1010. The molecule has 0 aromatic heterocycles. The fraction of sp³-hybridized carbons (Fsp3) is 0.613. The van der Waals surface area contributed by atoms with Crippen LogP contribution >= 0.6 is 0 Å². The normalized spacial score (nSPS) is 24.7. The van der Waals surface area contributed by atoms with E-state index in [-0.39, 0.29) is 23.7 Å². The number of hydrogen-bond donors (Lipinski definition) is 0. The lowest BCUT2D eigenvalue weighted by Gasteiger charge is -2.42. The lowest BCUT2D eigenvalue weighted by atomic mass is 9.63. The second-order valence-electron chi connectivity index (χ2n) is 10.9. The highest BCUT2D eigenvalue weighted by Crippen LogP contribution is 2.49. The summed E-state index contributed by atoms with van der Waals surface area (Å²) in [5.74, 6) is -0.482. The largest absolute Gasteiger partial charge is 0.486 e. The van der Waals surface area contributed by atoms with Crippen molar-refractivity contribution in [2.24, 2.45) is 17.8 Å². The molecule has 0 spiro atoms. The number of halogens is 3. The minimum absolute atomic E-state index is 0.145. The number of hydrogen-bond acceptors (Lipinski definition) is 1. The van der Waals surface area contributed by atoms with Gasteiger partial charge in [-0.3, -0.25) is 0 Å². The summed E-state index contributed by atoms with van der Waals surface area (Å²) in [5.41, 5.74) is 0.914. The third-order valence-electron chi connectivity index (χ3n) is 8.54. The van der Waals surface area contributed by atoms with Crippen molar-refractivity contribution in [1.29, 1.82) is 0 Å². The topological polar surface area (TPSA) is 9.23 Å². The van der Waals surface area contributed by atoms with Crippen LogP contribution in [0.1, 0.15) is 102 Å². The Hall–Kier alpha value is -1.97. The maximum Gasteiger partial charge on any atom is 0.201 e. The lowest BCUT2D eigenvalue weighted by Crippen LogP contribution is -2.30. The Balaban J connectivity index is 1.43. The Morgan fingerprint density at radius 1 is 0.886 bits per heavy atom. The minimum Gasteiger partial charge on any atom is -0.486 e. The van der Waals surface area contributed by atoms with Gasteiger partial charge < -0.3 is 4.74 Å². The zero-order chi connectivity index (χ0) is 24.8. The molecule has 0 bridgehead atoms. The lowest BCUT2D eigenvalue weighted by molar-refractivity contribution is 0.113. The summed E-state index contributed by atoms with van der Waals surface area (Å²) in [6.45, 7) is 4.24. The number of ether oxygens (including phenoxy) is 1. The summed E-state index contributed by atoms with van der Waals surface area (Å²) < 4.78 is 49.5. The van der Waals surface area contributed by atoms with E-state index in [1.54, 1.807) is 12.2 Å². The van der Waals surface area contributed by atoms with E-state index in [0.29, 0.717) is 11.3 Å². The number of rotatable bonds is 10. The molecule has 0 N–H and O–H groups in total. The first-order chi connectivity index (χ1) is 17.0. The van der Waals surface area contributed by atoms with Crippen LogP contribution in [0.15, 0.2) is 30.4 Å². The van der Waals surface area contributed by atoms with Gasteiger partial charge in [-0.05, 0) is 85.8 Å². The molecule has 0 amide bonds. The third-order valence-corrected chi connectivity index (χ3v) is 8.54. The molecule has 4 atom stereocenters. The predicted molar refractivity (Wildman–Crippen MR) is 138 cm³/mol. The van der Waals surface area contributed by atoms with Crippen molar-refractivity contribution in [1.82, 2.24) is 0 Å². The van der Waals surface area contributed by atoms with E-state index in [1.807, 2.05) is 13.0 Å². The molecule has 192 valence electrons. The maximum atomic E-state index is 15.0. The fourth-order valence-corrected chi connectivity index (χ4v) is 6.58. The van der Waals surface area contributed by atoms with E-state index >= 15 is 4.39 Å². The Kier molecular flexibility index (Phi) is 9.19. The molecule has 1 nitrogen and oxygen atoms in total. The highest BCUT2D eigenvalue weighted by Gasteiger charge is 2.36. The molecule has 0 saturated heterocycles. The molecular weight excluding hydrogens is 445 g/mol. The molecule has 2 aliphatic carbocycles. The first kappa shape index (κ1) is 26.1. The summed E-state index contributed by atoms with van der Waals surface area (Å²) in [5, 5.41) is 0.0982. The molecule has 4 heteroatoms. The summed E-state index contributed by atoms with van der Waals surface area (Å²) in [6, 6.07) is 4.75. The average Bonchev–Trinajstić information content (AvgIpc) is 2.86. The zero-order valence-corrected chi connectivity index (χ0v) is 21.4. The van der Waals surface area contributed by atoms with Crippen LogP contribution in [0.4, 0.5) is 13.2 Å². The Labute approximate surface area is 209 Å². The van der Waals surface area contributed by atoms with Gasteiger partial charge in [-0.25, -0.2) is 8.78 Å². The van der Waals surface area contributed by atoms with Crippen molar-refractivity contribution >= 4 is 10.8 Å². The van der Waals surface area contributed by atoms with Crippen molar-refractivity contribution in [3.63, 3.8) is 0 Å². The van der Waals surface area contributed by atoms with Crippen LogP contribution in [0, 0.1) is 35.2 Å². The van der Waals surface area contributed by atoms with Crippen LogP contribution in [0.3, 0.4) is 0 Å². The van der Waals surface area contributed by atoms with Gasteiger partial charge in [-0.15, -0.1) is 0 Å². The van der Waals surface area contributed by atoms with Gasteiger partial charge in [0.25, 0.3) is 0 Å². The summed E-state index contributed by atoms with van der Waals surface area (Å²) in [6.07, 6.45) is 18.9. The van der Waals surface area contributed by atoms with Crippen molar-refractivity contribution in [2.75, 3.05) is 6.61 Å². The van der Waals surface area contributed by atoms with Crippen molar-refractivity contribution < 1.29 is 17.9 Å². The summed E-state index contributed by atoms with van der Waals surface area (Å²) in [7, 11) is 0. The molecule has 2 aliphatic rings. The van der Waals surface area contributed by atoms with Gasteiger partial charge in [-0.2, -0.15) is 4.39 Å². The highest BCUT2D eigenvalue weighted by molar-refractivity contribution is 5.86. The number of fused-ring (bicyclic) bond motifs is 2. The molecule has 2 fully saturated rings.